The Bertz CT molecular complexity index is 1390. The Hall–Kier alpha value is -2.70. The van der Waals surface area contributed by atoms with Crippen LogP contribution in [0.15, 0.2) is 46.4 Å². The summed E-state index contributed by atoms with van der Waals surface area (Å²) in [7, 11) is 0. The molecule has 44 heavy (non-hydrogen) atoms. The van der Waals surface area contributed by atoms with Gasteiger partial charge in [0.1, 0.15) is 0 Å². The van der Waals surface area contributed by atoms with Crippen molar-refractivity contribution in [3.05, 3.63) is 67.3 Å². The van der Waals surface area contributed by atoms with Gasteiger partial charge in [0.2, 0.25) is 0 Å². The minimum Gasteiger partial charge on any atom is -0.281 e. The van der Waals surface area contributed by atoms with Crippen LogP contribution < -0.4 is 0 Å². The zero-order valence-corrected chi connectivity index (χ0v) is 28.4. The van der Waals surface area contributed by atoms with Crippen LogP contribution in [0, 0.1) is 0 Å². The quantitative estimate of drug-likeness (QED) is 0.154. The van der Waals surface area contributed by atoms with Crippen LogP contribution in [0.2, 0.25) is 0 Å². The SMILES string of the molecule is CCCCCCCCCCC1=CN2C(=O)C3=C4c5sccc5C(CCCCCCCCCC)=CN4C(=O)C3=C2c2sccc21. The van der Waals surface area contributed by atoms with E-state index in [9.17, 15) is 9.59 Å². The van der Waals surface area contributed by atoms with E-state index in [4.69, 9.17) is 0 Å². The van der Waals surface area contributed by atoms with Crippen molar-refractivity contribution in [2.24, 2.45) is 0 Å². The number of thiophene rings is 2. The fraction of sp³-hybridized carbons (Fsp3) is 0.526. The van der Waals surface area contributed by atoms with Gasteiger partial charge in [0.15, 0.2) is 0 Å². The Balaban J connectivity index is 1.18. The summed E-state index contributed by atoms with van der Waals surface area (Å²) >= 11 is 3.32. The number of nitrogens with zero attached hydrogens (tertiary/aromatic N) is 2. The maximum absolute atomic E-state index is 14.1. The fourth-order valence-electron chi connectivity index (χ4n) is 7.27. The molecule has 0 atom stereocenters. The third-order valence-electron chi connectivity index (χ3n) is 9.69. The van der Waals surface area contributed by atoms with E-state index in [2.05, 4.69) is 36.7 Å². The molecule has 0 saturated carbocycles. The Morgan fingerprint density at radius 2 is 0.886 bits per heavy atom. The highest BCUT2D eigenvalue weighted by Gasteiger charge is 2.51. The molecule has 2 aromatic heterocycles. The number of fused-ring (bicyclic) bond motifs is 7. The molecule has 4 aliphatic heterocycles. The smallest absolute Gasteiger partial charge is 0.265 e. The summed E-state index contributed by atoms with van der Waals surface area (Å²) in [5.74, 6) is -0.0970. The second kappa shape index (κ2) is 14.6. The van der Waals surface area contributed by atoms with Crippen LogP contribution in [0.5, 0.6) is 0 Å². The van der Waals surface area contributed by atoms with Gasteiger partial charge in [-0.15, -0.1) is 22.7 Å². The Morgan fingerprint density at radius 1 is 0.523 bits per heavy atom. The highest BCUT2D eigenvalue weighted by Crippen LogP contribution is 2.54. The molecule has 6 heteroatoms. The topological polar surface area (TPSA) is 40.6 Å². The molecular formula is C38H48N2O2S2. The van der Waals surface area contributed by atoms with Gasteiger partial charge in [0.25, 0.3) is 11.8 Å². The molecule has 0 aromatic carbocycles. The van der Waals surface area contributed by atoms with Crippen molar-refractivity contribution in [2.75, 3.05) is 0 Å². The molecule has 234 valence electrons. The van der Waals surface area contributed by atoms with E-state index in [0.29, 0.717) is 11.1 Å². The van der Waals surface area contributed by atoms with Gasteiger partial charge in [-0.25, -0.2) is 0 Å². The lowest BCUT2D eigenvalue weighted by Gasteiger charge is -2.28. The number of unbranched alkanes of at least 4 members (excludes halogenated alkanes) is 14. The monoisotopic (exact) mass is 628 g/mol. The lowest BCUT2D eigenvalue weighted by atomic mass is 9.96. The first kappa shape index (κ1) is 31.3. The molecule has 6 rings (SSSR count). The van der Waals surface area contributed by atoms with Crippen molar-refractivity contribution in [3.63, 3.8) is 0 Å². The van der Waals surface area contributed by atoms with E-state index >= 15 is 0 Å². The van der Waals surface area contributed by atoms with Crippen LogP contribution >= 0.6 is 22.7 Å². The molecule has 0 bridgehead atoms. The number of hydrogen-bond acceptors (Lipinski definition) is 4. The van der Waals surface area contributed by atoms with Crippen molar-refractivity contribution in [1.29, 1.82) is 0 Å². The van der Waals surface area contributed by atoms with Crippen molar-refractivity contribution in [1.82, 2.24) is 9.80 Å². The Labute approximate surface area is 272 Å². The van der Waals surface area contributed by atoms with E-state index in [0.717, 1.165) is 46.8 Å². The van der Waals surface area contributed by atoms with Gasteiger partial charge in [-0.05, 0) is 70.8 Å². The van der Waals surface area contributed by atoms with Gasteiger partial charge in [-0.2, -0.15) is 0 Å². The highest BCUT2D eigenvalue weighted by molar-refractivity contribution is 7.12. The summed E-state index contributed by atoms with van der Waals surface area (Å²) in [4.78, 5) is 34.0. The maximum atomic E-state index is 14.1. The van der Waals surface area contributed by atoms with E-state index in [1.807, 2.05) is 12.4 Å². The molecule has 0 radical (unpaired) electrons. The molecule has 0 fully saturated rings. The third kappa shape index (κ3) is 6.09. The molecule has 2 amide bonds. The summed E-state index contributed by atoms with van der Waals surface area (Å²) in [6, 6.07) is 4.37. The lowest BCUT2D eigenvalue weighted by molar-refractivity contribution is -0.122. The average molecular weight is 629 g/mol. The zero-order valence-electron chi connectivity index (χ0n) is 26.7. The van der Waals surface area contributed by atoms with Crippen molar-refractivity contribution >= 4 is 57.0 Å². The van der Waals surface area contributed by atoms with Gasteiger partial charge in [0.05, 0.1) is 32.3 Å². The molecule has 4 aliphatic rings. The van der Waals surface area contributed by atoms with Gasteiger partial charge in [-0.3, -0.25) is 19.4 Å². The van der Waals surface area contributed by atoms with Gasteiger partial charge in [0, 0.05) is 12.4 Å². The third-order valence-corrected chi connectivity index (χ3v) is 11.5. The van der Waals surface area contributed by atoms with Crippen LogP contribution in [0.1, 0.15) is 150 Å². The summed E-state index contributed by atoms with van der Waals surface area (Å²) in [5.41, 5.74) is 7.67. The second-order valence-corrected chi connectivity index (χ2v) is 14.7. The predicted octanol–water partition coefficient (Wildman–Crippen LogP) is 11.4. The molecule has 0 N–H and O–H groups in total. The van der Waals surface area contributed by atoms with Crippen LogP contribution in [0.3, 0.4) is 0 Å². The van der Waals surface area contributed by atoms with Gasteiger partial charge in [-0.1, -0.05) is 104 Å². The Kier molecular flexibility index (Phi) is 10.4. The molecule has 0 saturated heterocycles. The number of carbonyl (C=O) groups excluding carboxylic acids is 2. The summed E-state index contributed by atoms with van der Waals surface area (Å²) in [5, 5.41) is 4.23. The largest absolute Gasteiger partial charge is 0.281 e. The highest BCUT2D eigenvalue weighted by atomic mass is 32.1. The summed E-state index contributed by atoms with van der Waals surface area (Å²) in [6.45, 7) is 4.53. The molecule has 4 nitrogen and oxygen atoms in total. The average Bonchev–Trinajstić information content (AvgIpc) is 3.81. The summed E-state index contributed by atoms with van der Waals surface area (Å²) < 4.78 is 0. The molecule has 6 heterocycles. The number of allylic oxidation sites excluding steroid dienone is 2. The fourth-order valence-corrected chi connectivity index (χ4v) is 9.23. The number of rotatable bonds is 18. The number of hydrogen-bond donors (Lipinski definition) is 0. The first-order chi connectivity index (χ1) is 21.7. The second-order valence-electron chi connectivity index (χ2n) is 12.9. The van der Waals surface area contributed by atoms with E-state index in [1.54, 1.807) is 32.5 Å². The lowest BCUT2D eigenvalue weighted by Crippen LogP contribution is -2.27. The first-order valence-electron chi connectivity index (χ1n) is 17.4. The predicted molar refractivity (Wildman–Crippen MR) is 187 cm³/mol. The standard InChI is InChI=1S/C38H48N2O2S2/c1-3-5-7-9-11-13-15-17-19-27-25-39-33(35-29(27)21-23-43-35)31-32(37(39)41)34-36-30(22-24-44-36)28(26-40(34)38(31)42)20-18-16-14-12-10-8-6-4-2/h21-26H,3-20H2,1-2H3. The van der Waals surface area contributed by atoms with Gasteiger partial charge < -0.3 is 0 Å². The van der Waals surface area contributed by atoms with Crippen LogP contribution in [0.25, 0.3) is 22.5 Å². The molecule has 0 spiro atoms. The normalized spacial score (nSPS) is 16.8. The van der Waals surface area contributed by atoms with Gasteiger partial charge >= 0.3 is 0 Å². The van der Waals surface area contributed by atoms with Crippen molar-refractivity contribution < 1.29 is 9.59 Å². The summed E-state index contributed by atoms with van der Waals surface area (Å²) in [6.07, 6.45) is 26.6. The van der Waals surface area contributed by atoms with Crippen molar-refractivity contribution in [2.45, 2.75) is 129 Å². The molecule has 2 aromatic rings. The van der Waals surface area contributed by atoms with E-state index in [-0.39, 0.29) is 11.8 Å². The zero-order chi connectivity index (χ0) is 30.5. The van der Waals surface area contributed by atoms with Crippen molar-refractivity contribution in [3.8, 4) is 0 Å². The molecule has 0 aliphatic carbocycles. The minimum absolute atomic E-state index is 0.0485. The van der Waals surface area contributed by atoms with E-state index < -0.39 is 0 Å². The minimum atomic E-state index is -0.0485. The molecular weight excluding hydrogens is 581 g/mol. The first-order valence-corrected chi connectivity index (χ1v) is 19.2. The van der Waals surface area contributed by atoms with Crippen LogP contribution in [0.4, 0.5) is 0 Å². The van der Waals surface area contributed by atoms with Crippen LogP contribution in [-0.2, 0) is 9.59 Å². The number of amides is 2. The number of carbonyl (C=O) groups is 2. The Morgan fingerprint density at radius 3 is 1.27 bits per heavy atom. The van der Waals surface area contributed by atoms with Crippen LogP contribution in [-0.4, -0.2) is 21.6 Å². The van der Waals surface area contributed by atoms with E-state index in [1.165, 1.54) is 112 Å². The maximum Gasteiger partial charge on any atom is 0.265 e. The molecule has 0 unspecified atom stereocenters.